The molecule has 4 aromatic carbocycles. The maximum atomic E-state index is 16.2. The molecule has 2 aliphatic heterocycles. The number of halogens is 6. The van der Waals surface area contributed by atoms with Gasteiger partial charge in [0.2, 0.25) is 0 Å². The van der Waals surface area contributed by atoms with Crippen LogP contribution >= 0.6 is 0 Å². The van der Waals surface area contributed by atoms with Crippen LogP contribution in [0.4, 0.5) is 43.4 Å². The van der Waals surface area contributed by atoms with Gasteiger partial charge in [0, 0.05) is 60.0 Å². The van der Waals surface area contributed by atoms with Crippen molar-refractivity contribution in [2.24, 2.45) is 0 Å². The lowest BCUT2D eigenvalue weighted by Gasteiger charge is -2.49. The van der Waals surface area contributed by atoms with Gasteiger partial charge in [-0.3, -0.25) is 0 Å². The average molecular weight is 601 g/mol. The molecule has 0 fully saturated rings. The molecular formula is C34H22F6N4. The Morgan fingerprint density at radius 3 is 1.86 bits per heavy atom. The molecule has 220 valence electrons. The SMILES string of the molecule is CN1C=CN(C2(c3cccc(-c4ccc(F)cc4F)n3)c3cc(F)cc(F)c3N(c3ccccc3)c3c(F)cc(F)cc32)C1. The second-order valence-corrected chi connectivity index (χ2v) is 10.6. The van der Waals surface area contributed by atoms with E-state index in [0.717, 1.165) is 24.3 Å². The van der Waals surface area contributed by atoms with Crippen LogP contribution in [0, 0.1) is 34.9 Å². The minimum absolute atomic E-state index is 0.0144. The molecule has 0 spiro atoms. The van der Waals surface area contributed by atoms with E-state index in [2.05, 4.69) is 0 Å². The molecule has 7 rings (SSSR count). The quantitative estimate of drug-likeness (QED) is 0.194. The number of hydrogen-bond donors (Lipinski definition) is 0. The molecule has 0 saturated heterocycles. The van der Waals surface area contributed by atoms with Crippen LogP contribution in [0.5, 0.6) is 0 Å². The van der Waals surface area contributed by atoms with Crippen LogP contribution in [-0.2, 0) is 5.54 Å². The highest BCUT2D eigenvalue weighted by Crippen LogP contribution is 2.58. The molecular weight excluding hydrogens is 578 g/mol. The molecule has 3 heterocycles. The number of nitrogens with zero attached hydrogens (tertiary/aromatic N) is 4. The van der Waals surface area contributed by atoms with E-state index in [-0.39, 0.29) is 46.1 Å². The fourth-order valence-electron chi connectivity index (χ4n) is 6.19. The Morgan fingerprint density at radius 2 is 1.27 bits per heavy atom. The minimum atomic E-state index is -1.82. The van der Waals surface area contributed by atoms with E-state index in [9.17, 15) is 8.78 Å². The number of rotatable bonds is 4. The summed E-state index contributed by atoms with van der Waals surface area (Å²) in [4.78, 5) is 9.51. The number of aromatic nitrogens is 1. The summed E-state index contributed by atoms with van der Waals surface area (Å²) in [5.41, 5.74) is -1.63. The Kier molecular flexibility index (Phi) is 6.38. The average Bonchev–Trinajstić information content (AvgIpc) is 3.42. The van der Waals surface area contributed by atoms with Gasteiger partial charge in [0.05, 0.1) is 29.4 Å². The van der Waals surface area contributed by atoms with Gasteiger partial charge in [-0.2, -0.15) is 0 Å². The number of anilines is 3. The number of benzene rings is 4. The lowest BCUT2D eigenvalue weighted by atomic mass is 9.73. The topological polar surface area (TPSA) is 22.6 Å². The molecule has 10 heteroatoms. The molecule has 2 aliphatic rings. The van der Waals surface area contributed by atoms with Crippen molar-refractivity contribution in [3.8, 4) is 11.3 Å². The van der Waals surface area contributed by atoms with Crippen LogP contribution in [0.2, 0.25) is 0 Å². The minimum Gasteiger partial charge on any atom is -0.362 e. The third kappa shape index (κ3) is 4.12. The molecule has 4 nitrogen and oxygen atoms in total. The smallest absolute Gasteiger partial charge is 0.150 e. The Hall–Kier alpha value is -5.25. The molecule has 0 saturated carbocycles. The summed E-state index contributed by atoms with van der Waals surface area (Å²) in [6, 6.07) is 19.6. The van der Waals surface area contributed by atoms with Crippen LogP contribution in [0.15, 0.2) is 103 Å². The van der Waals surface area contributed by atoms with Crippen LogP contribution in [0.25, 0.3) is 11.3 Å². The molecule has 0 unspecified atom stereocenters. The first-order valence-corrected chi connectivity index (χ1v) is 13.6. The van der Waals surface area contributed by atoms with Crippen molar-refractivity contribution in [1.29, 1.82) is 0 Å². The zero-order valence-corrected chi connectivity index (χ0v) is 23.1. The summed E-state index contributed by atoms with van der Waals surface area (Å²) in [7, 11) is 1.77. The Balaban J connectivity index is 1.64. The summed E-state index contributed by atoms with van der Waals surface area (Å²) in [6.07, 6.45) is 3.35. The summed E-state index contributed by atoms with van der Waals surface area (Å²) >= 11 is 0. The Bertz CT molecular complexity index is 1900. The van der Waals surface area contributed by atoms with Gasteiger partial charge in [-0.25, -0.2) is 31.3 Å². The molecule has 0 aliphatic carbocycles. The molecule has 0 amide bonds. The fourth-order valence-corrected chi connectivity index (χ4v) is 6.19. The van der Waals surface area contributed by atoms with E-state index >= 15 is 17.6 Å². The van der Waals surface area contributed by atoms with E-state index in [0.29, 0.717) is 17.8 Å². The van der Waals surface area contributed by atoms with E-state index in [1.165, 1.54) is 17.0 Å². The zero-order valence-electron chi connectivity index (χ0n) is 23.1. The van der Waals surface area contributed by atoms with Crippen LogP contribution in [-0.4, -0.2) is 28.5 Å². The summed E-state index contributed by atoms with van der Waals surface area (Å²) in [6.45, 7) is 0.136. The van der Waals surface area contributed by atoms with Crippen LogP contribution in [0.3, 0.4) is 0 Å². The highest BCUT2D eigenvalue weighted by atomic mass is 19.2. The first-order valence-electron chi connectivity index (χ1n) is 13.6. The van der Waals surface area contributed by atoms with Crippen molar-refractivity contribution < 1.29 is 26.3 Å². The van der Waals surface area contributed by atoms with Crippen molar-refractivity contribution in [3.05, 3.63) is 155 Å². The predicted octanol–water partition coefficient (Wildman–Crippen LogP) is 8.33. The molecule has 0 radical (unpaired) electrons. The van der Waals surface area contributed by atoms with Crippen LogP contribution in [0.1, 0.15) is 16.8 Å². The summed E-state index contributed by atoms with van der Waals surface area (Å²) < 4.78 is 91.8. The van der Waals surface area contributed by atoms with Gasteiger partial charge in [0.1, 0.15) is 28.8 Å². The second-order valence-electron chi connectivity index (χ2n) is 10.6. The number of fused-ring (bicyclic) bond motifs is 2. The van der Waals surface area contributed by atoms with Gasteiger partial charge < -0.3 is 14.7 Å². The lowest BCUT2D eigenvalue weighted by Crippen LogP contribution is -2.50. The zero-order chi connectivity index (χ0) is 30.7. The summed E-state index contributed by atoms with van der Waals surface area (Å²) in [5.74, 6) is -5.47. The second kappa shape index (κ2) is 10.2. The van der Waals surface area contributed by atoms with E-state index < -0.39 is 40.4 Å². The van der Waals surface area contributed by atoms with Crippen molar-refractivity contribution in [1.82, 2.24) is 14.8 Å². The van der Waals surface area contributed by atoms with Gasteiger partial charge in [-0.1, -0.05) is 24.3 Å². The van der Waals surface area contributed by atoms with Crippen molar-refractivity contribution in [3.63, 3.8) is 0 Å². The largest absolute Gasteiger partial charge is 0.362 e. The highest BCUT2D eigenvalue weighted by Gasteiger charge is 2.53. The van der Waals surface area contributed by atoms with Gasteiger partial charge in [0.25, 0.3) is 0 Å². The Morgan fingerprint density at radius 1 is 0.636 bits per heavy atom. The maximum Gasteiger partial charge on any atom is 0.150 e. The number of hydrogen-bond acceptors (Lipinski definition) is 4. The van der Waals surface area contributed by atoms with Crippen molar-refractivity contribution in [2.45, 2.75) is 5.54 Å². The van der Waals surface area contributed by atoms with Crippen LogP contribution < -0.4 is 4.90 Å². The molecule has 0 bridgehead atoms. The first kappa shape index (κ1) is 27.6. The first-order chi connectivity index (χ1) is 21.2. The van der Waals surface area contributed by atoms with Crippen molar-refractivity contribution >= 4 is 17.1 Å². The van der Waals surface area contributed by atoms with Gasteiger partial charge in [-0.15, -0.1) is 0 Å². The summed E-state index contributed by atoms with van der Waals surface area (Å²) in [5, 5.41) is 0. The predicted molar refractivity (Wildman–Crippen MR) is 154 cm³/mol. The van der Waals surface area contributed by atoms with E-state index in [4.69, 9.17) is 4.98 Å². The molecule has 0 N–H and O–H groups in total. The monoisotopic (exact) mass is 600 g/mol. The number of pyridine rings is 1. The molecule has 1 aromatic heterocycles. The van der Waals surface area contributed by atoms with E-state index in [1.807, 2.05) is 0 Å². The molecule has 0 atom stereocenters. The van der Waals surface area contributed by atoms with Gasteiger partial charge >= 0.3 is 0 Å². The fraction of sp³-hybridized carbons (Fsp3) is 0.0882. The molecule has 44 heavy (non-hydrogen) atoms. The van der Waals surface area contributed by atoms with E-state index in [1.54, 1.807) is 71.7 Å². The van der Waals surface area contributed by atoms with Crippen molar-refractivity contribution in [2.75, 3.05) is 18.6 Å². The third-order valence-electron chi connectivity index (χ3n) is 7.93. The number of para-hydroxylation sites is 1. The van der Waals surface area contributed by atoms with Gasteiger partial charge in [0.15, 0.2) is 11.6 Å². The standard InChI is InChI=1S/C34H22F6N4/c1-42-12-13-43(19-42)34(31-9-5-8-30(41-31)24-11-10-20(35)16-27(24)38)25-14-21(36)17-28(39)32(25)44(23-6-3-2-4-7-23)33-26(34)15-22(37)18-29(33)40/h2-18H,19H2,1H3. The van der Waals surface area contributed by atoms with Gasteiger partial charge in [-0.05, 0) is 48.5 Å². The Labute approximate surface area is 248 Å². The lowest BCUT2D eigenvalue weighted by molar-refractivity contribution is 0.188. The normalized spacial score (nSPS) is 15.0. The maximum absolute atomic E-state index is 16.2. The molecule has 5 aromatic rings. The third-order valence-corrected chi connectivity index (χ3v) is 7.93. The highest BCUT2D eigenvalue weighted by molar-refractivity contribution is 5.88.